The van der Waals surface area contributed by atoms with Crippen molar-refractivity contribution in [3.63, 3.8) is 0 Å². The van der Waals surface area contributed by atoms with Gasteiger partial charge in [0.05, 0.1) is 16.7 Å². The molecule has 0 unspecified atom stereocenters. The van der Waals surface area contributed by atoms with E-state index in [1.807, 2.05) is 0 Å². The van der Waals surface area contributed by atoms with Gasteiger partial charge >= 0.3 is 12.5 Å². The van der Waals surface area contributed by atoms with Gasteiger partial charge in [-0.25, -0.2) is 4.98 Å². The van der Waals surface area contributed by atoms with E-state index in [9.17, 15) is 22.0 Å². The third kappa shape index (κ3) is 4.31. The molecule has 0 saturated carbocycles. The average Bonchev–Trinajstić information content (AvgIpc) is 3.13. The maximum atomic E-state index is 13.1. The van der Waals surface area contributed by atoms with Crippen LogP contribution in [0.4, 0.5) is 22.0 Å². The maximum absolute atomic E-state index is 13.1. The molecular formula is C17H12F5N3O3S. The van der Waals surface area contributed by atoms with E-state index in [4.69, 9.17) is 4.74 Å². The number of rotatable bonds is 5. The summed E-state index contributed by atoms with van der Waals surface area (Å²) in [5, 5.41) is 0.471. The number of imidazole rings is 1. The van der Waals surface area contributed by atoms with Gasteiger partial charge in [-0.15, -0.1) is 8.78 Å². The number of ether oxygens (including phenoxy) is 3. The summed E-state index contributed by atoms with van der Waals surface area (Å²) in [5.74, 6) is 0.191. The van der Waals surface area contributed by atoms with Gasteiger partial charge in [-0.3, -0.25) is 4.98 Å². The second-order valence-electron chi connectivity index (χ2n) is 6.10. The molecule has 6 nitrogen and oxygen atoms in total. The number of aromatic nitrogens is 3. The molecule has 29 heavy (non-hydrogen) atoms. The molecular weight excluding hydrogens is 421 g/mol. The predicted octanol–water partition coefficient (Wildman–Crippen LogP) is 4.82. The van der Waals surface area contributed by atoms with Gasteiger partial charge in [-0.1, -0.05) is 11.8 Å². The largest absolute Gasteiger partial charge is 0.586 e. The third-order valence-electron chi connectivity index (χ3n) is 3.98. The Morgan fingerprint density at radius 2 is 1.93 bits per heavy atom. The van der Waals surface area contributed by atoms with Gasteiger partial charge in [-0.05, 0) is 13.0 Å². The first-order valence-corrected chi connectivity index (χ1v) is 9.15. The molecule has 0 aliphatic carbocycles. The number of thioether (sulfide) groups is 1. The van der Waals surface area contributed by atoms with E-state index >= 15 is 0 Å². The van der Waals surface area contributed by atoms with Crippen molar-refractivity contribution in [1.82, 2.24) is 15.0 Å². The molecule has 0 radical (unpaired) electrons. The molecule has 1 N–H and O–H groups in total. The minimum Gasteiger partial charge on any atom is -0.484 e. The summed E-state index contributed by atoms with van der Waals surface area (Å²) in [7, 11) is 0. The number of nitrogens with zero attached hydrogens (tertiary/aromatic N) is 2. The Hall–Kier alpha value is -2.76. The maximum Gasteiger partial charge on any atom is 0.586 e. The summed E-state index contributed by atoms with van der Waals surface area (Å²) >= 11 is 1.25. The number of hydrogen-bond donors (Lipinski definition) is 1. The zero-order chi connectivity index (χ0) is 20.8. The Kier molecular flexibility index (Phi) is 4.68. The van der Waals surface area contributed by atoms with Crippen LogP contribution >= 0.6 is 11.8 Å². The van der Waals surface area contributed by atoms with Crippen LogP contribution in [0.3, 0.4) is 0 Å². The van der Waals surface area contributed by atoms with E-state index < -0.39 is 19.1 Å². The first kappa shape index (κ1) is 19.6. The molecule has 4 rings (SSSR count). The van der Waals surface area contributed by atoms with Crippen molar-refractivity contribution in [2.24, 2.45) is 0 Å². The molecule has 0 fully saturated rings. The number of hydrogen-bond acceptors (Lipinski definition) is 6. The Morgan fingerprint density at radius 3 is 2.66 bits per heavy atom. The van der Waals surface area contributed by atoms with Crippen LogP contribution in [-0.2, 0) is 5.75 Å². The van der Waals surface area contributed by atoms with Crippen molar-refractivity contribution < 1.29 is 36.2 Å². The molecule has 3 heterocycles. The lowest BCUT2D eigenvalue weighted by atomic mass is 10.2. The van der Waals surface area contributed by atoms with E-state index in [0.29, 0.717) is 33.2 Å². The Balaban J connectivity index is 1.48. The van der Waals surface area contributed by atoms with Crippen LogP contribution in [0.2, 0.25) is 0 Å². The van der Waals surface area contributed by atoms with E-state index in [2.05, 4.69) is 24.4 Å². The van der Waals surface area contributed by atoms with Crippen molar-refractivity contribution in [3.05, 3.63) is 35.7 Å². The van der Waals surface area contributed by atoms with Crippen LogP contribution in [0.5, 0.6) is 17.2 Å². The Labute approximate surface area is 164 Å². The van der Waals surface area contributed by atoms with Crippen LogP contribution in [0.25, 0.3) is 11.0 Å². The van der Waals surface area contributed by atoms with Gasteiger partial charge in [-0.2, -0.15) is 13.2 Å². The third-order valence-corrected chi connectivity index (χ3v) is 4.86. The van der Waals surface area contributed by atoms with Crippen LogP contribution in [-0.4, -0.2) is 34.0 Å². The van der Waals surface area contributed by atoms with Crippen molar-refractivity contribution in [2.45, 2.75) is 30.3 Å². The summed E-state index contributed by atoms with van der Waals surface area (Å²) in [4.78, 5) is 11.4. The molecule has 2 aromatic heterocycles. The minimum atomic E-state index is -4.43. The average molecular weight is 433 g/mol. The number of pyridine rings is 1. The highest BCUT2D eigenvalue weighted by molar-refractivity contribution is 7.98. The van der Waals surface area contributed by atoms with Gasteiger partial charge in [0.15, 0.2) is 23.3 Å². The zero-order valence-electron chi connectivity index (χ0n) is 14.6. The van der Waals surface area contributed by atoms with E-state index in [1.54, 1.807) is 6.92 Å². The molecule has 1 aromatic carbocycles. The highest BCUT2D eigenvalue weighted by atomic mass is 32.2. The summed E-state index contributed by atoms with van der Waals surface area (Å²) in [6.07, 6.45) is -6.77. The Morgan fingerprint density at radius 1 is 1.21 bits per heavy atom. The van der Waals surface area contributed by atoms with E-state index in [1.165, 1.54) is 36.2 Å². The quantitative estimate of drug-likeness (QED) is 0.460. The normalized spacial score (nSPS) is 15.1. The lowest BCUT2D eigenvalue weighted by molar-refractivity contribution is -0.286. The molecule has 0 atom stereocenters. The van der Waals surface area contributed by atoms with Gasteiger partial charge in [0.25, 0.3) is 0 Å². The number of aromatic amines is 1. The fourth-order valence-corrected chi connectivity index (χ4v) is 3.57. The molecule has 1 aliphatic heterocycles. The molecule has 12 heteroatoms. The first-order valence-electron chi connectivity index (χ1n) is 8.16. The Bertz CT molecular complexity index is 1030. The molecule has 0 saturated heterocycles. The van der Waals surface area contributed by atoms with Gasteiger partial charge in [0, 0.05) is 29.6 Å². The van der Waals surface area contributed by atoms with E-state index in [0.717, 1.165) is 0 Å². The fraction of sp³-hybridized carbons (Fsp3) is 0.294. The predicted molar refractivity (Wildman–Crippen MR) is 92.4 cm³/mol. The number of H-pyrrole nitrogens is 1. The lowest BCUT2D eigenvalue weighted by Crippen LogP contribution is -2.25. The van der Waals surface area contributed by atoms with Crippen LogP contribution in [0.15, 0.2) is 29.6 Å². The van der Waals surface area contributed by atoms with Crippen molar-refractivity contribution in [3.8, 4) is 17.2 Å². The smallest absolute Gasteiger partial charge is 0.484 e. The minimum absolute atomic E-state index is 0.101. The number of nitrogens with one attached hydrogen (secondary N) is 1. The highest BCUT2D eigenvalue weighted by Crippen LogP contribution is 2.43. The molecule has 0 amide bonds. The second kappa shape index (κ2) is 6.94. The van der Waals surface area contributed by atoms with Crippen LogP contribution in [0, 0.1) is 6.92 Å². The summed E-state index contributed by atoms with van der Waals surface area (Å²) in [6, 6.07) is 4.06. The number of benzene rings is 1. The second-order valence-corrected chi connectivity index (χ2v) is 7.06. The topological polar surface area (TPSA) is 69.3 Å². The van der Waals surface area contributed by atoms with Crippen LogP contribution < -0.4 is 14.2 Å². The van der Waals surface area contributed by atoms with Crippen molar-refractivity contribution in [1.29, 1.82) is 0 Å². The lowest BCUT2D eigenvalue weighted by Gasteiger charge is -2.13. The first-order chi connectivity index (χ1) is 13.6. The van der Waals surface area contributed by atoms with E-state index in [-0.39, 0.29) is 17.2 Å². The highest BCUT2D eigenvalue weighted by Gasteiger charge is 2.43. The monoisotopic (exact) mass is 433 g/mol. The van der Waals surface area contributed by atoms with Crippen molar-refractivity contribution in [2.75, 3.05) is 6.61 Å². The summed E-state index contributed by atoms with van der Waals surface area (Å²) in [6.45, 7) is 0.231. The van der Waals surface area contributed by atoms with Crippen LogP contribution in [0.1, 0.15) is 11.3 Å². The summed E-state index contributed by atoms with van der Waals surface area (Å²) in [5.41, 5.74) is 1.89. The van der Waals surface area contributed by atoms with Gasteiger partial charge in [0.1, 0.15) is 5.75 Å². The molecule has 0 bridgehead atoms. The number of fused-ring (bicyclic) bond motifs is 2. The van der Waals surface area contributed by atoms with Gasteiger partial charge < -0.3 is 19.2 Å². The molecule has 3 aromatic rings. The fourth-order valence-electron chi connectivity index (χ4n) is 2.66. The van der Waals surface area contributed by atoms with Crippen molar-refractivity contribution >= 4 is 22.8 Å². The molecule has 154 valence electrons. The molecule has 0 spiro atoms. The SMILES string of the molecule is Cc1c(OCC(F)(F)F)ccnc1CSc1nc2cc3c(cc2[nH]1)OC(F)(F)O3. The standard InChI is InChI=1S/C17H12F5N3O3S/c1-8-11(23-3-2-12(8)26-7-16(18,19)20)6-29-15-24-9-4-13-14(5-10(9)25-15)28-17(21,22)27-13/h2-5H,6-7H2,1H3,(H,24,25). The summed E-state index contributed by atoms with van der Waals surface area (Å²) < 4.78 is 76.9. The number of alkyl halides is 5. The van der Waals surface area contributed by atoms with Gasteiger partial charge in [0.2, 0.25) is 0 Å². The number of halogens is 5. The molecule has 1 aliphatic rings. The zero-order valence-corrected chi connectivity index (χ0v) is 15.5.